The van der Waals surface area contributed by atoms with E-state index in [1.807, 2.05) is 58.8 Å². The van der Waals surface area contributed by atoms with Crippen LogP contribution in [0.1, 0.15) is 27.7 Å². The highest BCUT2D eigenvalue weighted by atomic mass is 16.7. The van der Waals surface area contributed by atoms with Crippen LogP contribution < -0.4 is 10.4 Å². The quantitative estimate of drug-likeness (QED) is 0.825. The highest BCUT2D eigenvalue weighted by Gasteiger charge is 2.52. The SMILES string of the molecule is CN(C)c1ccc(B2OC(C)(C)C(C)(C)O2)c(O)c1. The van der Waals surface area contributed by atoms with Gasteiger partial charge < -0.3 is 19.3 Å². The van der Waals surface area contributed by atoms with Gasteiger partial charge in [0.2, 0.25) is 0 Å². The van der Waals surface area contributed by atoms with Crippen molar-refractivity contribution >= 4 is 18.3 Å². The molecule has 104 valence electrons. The van der Waals surface area contributed by atoms with E-state index in [2.05, 4.69) is 0 Å². The summed E-state index contributed by atoms with van der Waals surface area (Å²) in [6.45, 7) is 7.99. The number of phenols is 1. The normalized spacial score (nSPS) is 20.6. The zero-order valence-corrected chi connectivity index (χ0v) is 12.5. The molecular formula is C14H22BNO3. The van der Waals surface area contributed by atoms with Crippen molar-refractivity contribution < 1.29 is 14.4 Å². The minimum atomic E-state index is -0.527. The third-order valence-electron chi connectivity index (χ3n) is 4.04. The molecule has 0 aromatic heterocycles. The Labute approximate surface area is 115 Å². The number of hydrogen-bond donors (Lipinski definition) is 1. The van der Waals surface area contributed by atoms with Crippen molar-refractivity contribution in [2.75, 3.05) is 19.0 Å². The summed E-state index contributed by atoms with van der Waals surface area (Å²) in [5.41, 5.74) is 0.816. The van der Waals surface area contributed by atoms with Gasteiger partial charge in [-0.2, -0.15) is 0 Å². The summed E-state index contributed by atoms with van der Waals surface area (Å²) in [6.07, 6.45) is 0. The fourth-order valence-electron chi connectivity index (χ4n) is 1.98. The molecule has 1 aromatic carbocycles. The Morgan fingerprint density at radius 1 is 1.05 bits per heavy atom. The Hall–Kier alpha value is -1.20. The Bertz CT molecular complexity index is 470. The lowest BCUT2D eigenvalue weighted by Gasteiger charge is -2.32. The molecule has 0 radical (unpaired) electrons. The summed E-state index contributed by atoms with van der Waals surface area (Å²) in [6, 6.07) is 5.52. The standard InChI is InChI=1S/C14H22BNO3/c1-13(2)14(3,4)19-15(18-13)11-8-7-10(16(5)6)9-12(11)17/h7-9,17H,1-6H3. The fraction of sp³-hybridized carbons (Fsp3) is 0.571. The van der Waals surface area contributed by atoms with Crippen LogP contribution in [-0.2, 0) is 9.31 Å². The van der Waals surface area contributed by atoms with Gasteiger partial charge in [0.15, 0.2) is 0 Å². The first-order chi connectivity index (χ1) is 8.64. The maximum absolute atomic E-state index is 10.2. The molecule has 0 unspecified atom stereocenters. The van der Waals surface area contributed by atoms with Crippen LogP contribution in [0.5, 0.6) is 5.75 Å². The summed E-state index contributed by atoms with van der Waals surface area (Å²) in [7, 11) is 3.34. The summed E-state index contributed by atoms with van der Waals surface area (Å²) < 4.78 is 11.9. The monoisotopic (exact) mass is 263 g/mol. The van der Waals surface area contributed by atoms with E-state index in [0.29, 0.717) is 5.46 Å². The van der Waals surface area contributed by atoms with E-state index in [-0.39, 0.29) is 5.75 Å². The Balaban J connectivity index is 2.30. The Kier molecular flexibility index (Phi) is 3.31. The molecule has 5 heteroatoms. The fourth-order valence-corrected chi connectivity index (χ4v) is 1.98. The topological polar surface area (TPSA) is 41.9 Å². The lowest BCUT2D eigenvalue weighted by Crippen LogP contribution is -2.41. The van der Waals surface area contributed by atoms with Crippen molar-refractivity contribution in [3.05, 3.63) is 18.2 Å². The molecule has 1 aromatic rings. The van der Waals surface area contributed by atoms with Crippen LogP contribution in [0.3, 0.4) is 0 Å². The van der Waals surface area contributed by atoms with Gasteiger partial charge in [0.25, 0.3) is 0 Å². The van der Waals surface area contributed by atoms with E-state index >= 15 is 0 Å². The molecule has 1 N–H and O–H groups in total. The molecule has 1 fully saturated rings. The summed E-state index contributed by atoms with van der Waals surface area (Å²) in [4.78, 5) is 1.94. The molecule has 19 heavy (non-hydrogen) atoms. The minimum absolute atomic E-state index is 0.199. The third kappa shape index (κ3) is 2.45. The predicted octanol–water partition coefficient (Wildman–Crippen LogP) is 1.76. The van der Waals surface area contributed by atoms with Crippen LogP contribution >= 0.6 is 0 Å². The van der Waals surface area contributed by atoms with Crippen molar-refractivity contribution in [1.82, 2.24) is 0 Å². The van der Waals surface area contributed by atoms with Gasteiger partial charge in [-0.05, 0) is 33.8 Å². The number of rotatable bonds is 2. The van der Waals surface area contributed by atoms with Crippen LogP contribution in [0.2, 0.25) is 0 Å². The lowest BCUT2D eigenvalue weighted by molar-refractivity contribution is 0.00578. The average molecular weight is 263 g/mol. The molecule has 1 aliphatic rings. The zero-order chi connectivity index (χ0) is 14.4. The molecule has 0 amide bonds. The number of anilines is 1. The van der Waals surface area contributed by atoms with Crippen molar-refractivity contribution in [1.29, 1.82) is 0 Å². The van der Waals surface area contributed by atoms with Crippen LogP contribution in [0, 0.1) is 0 Å². The maximum Gasteiger partial charge on any atom is 0.498 e. The second kappa shape index (κ2) is 4.42. The van der Waals surface area contributed by atoms with Gasteiger partial charge in [0.05, 0.1) is 11.2 Å². The minimum Gasteiger partial charge on any atom is -0.508 e. The van der Waals surface area contributed by atoms with Crippen molar-refractivity contribution in [2.24, 2.45) is 0 Å². The smallest absolute Gasteiger partial charge is 0.498 e. The molecule has 0 saturated carbocycles. The predicted molar refractivity (Wildman–Crippen MR) is 78.1 cm³/mol. The molecule has 1 aliphatic heterocycles. The number of aromatic hydroxyl groups is 1. The van der Waals surface area contributed by atoms with Gasteiger partial charge in [0, 0.05) is 31.3 Å². The van der Waals surface area contributed by atoms with E-state index < -0.39 is 18.3 Å². The van der Waals surface area contributed by atoms with Crippen molar-refractivity contribution in [2.45, 2.75) is 38.9 Å². The number of phenolic OH excluding ortho intramolecular Hbond substituents is 1. The molecule has 0 aliphatic carbocycles. The molecule has 4 nitrogen and oxygen atoms in total. The molecule has 0 atom stereocenters. The van der Waals surface area contributed by atoms with Gasteiger partial charge in [-0.1, -0.05) is 6.07 Å². The molecule has 1 heterocycles. The van der Waals surface area contributed by atoms with Crippen LogP contribution in [0.25, 0.3) is 0 Å². The number of nitrogens with zero attached hydrogens (tertiary/aromatic N) is 1. The molecule has 0 spiro atoms. The summed E-state index contributed by atoms with van der Waals surface area (Å²) in [5, 5.41) is 10.2. The van der Waals surface area contributed by atoms with E-state index in [9.17, 15) is 5.11 Å². The molecule has 1 saturated heterocycles. The van der Waals surface area contributed by atoms with Gasteiger partial charge in [0.1, 0.15) is 5.75 Å². The zero-order valence-electron chi connectivity index (χ0n) is 12.5. The summed E-state index contributed by atoms with van der Waals surface area (Å²) >= 11 is 0. The Morgan fingerprint density at radius 2 is 1.58 bits per heavy atom. The maximum atomic E-state index is 10.2. The van der Waals surface area contributed by atoms with E-state index in [0.717, 1.165) is 5.69 Å². The highest BCUT2D eigenvalue weighted by Crippen LogP contribution is 2.37. The van der Waals surface area contributed by atoms with Gasteiger partial charge in [-0.25, -0.2) is 0 Å². The number of hydrogen-bond acceptors (Lipinski definition) is 4. The second-order valence-corrected chi connectivity index (χ2v) is 6.23. The molecule has 2 rings (SSSR count). The Morgan fingerprint density at radius 3 is 2.00 bits per heavy atom. The largest absolute Gasteiger partial charge is 0.508 e. The summed E-state index contributed by atoms with van der Waals surface area (Å²) in [5.74, 6) is 0.199. The highest BCUT2D eigenvalue weighted by molar-refractivity contribution is 6.63. The first-order valence-electron chi connectivity index (χ1n) is 6.50. The lowest BCUT2D eigenvalue weighted by atomic mass is 9.78. The van der Waals surface area contributed by atoms with Gasteiger partial charge >= 0.3 is 7.12 Å². The van der Waals surface area contributed by atoms with Crippen LogP contribution in [0.15, 0.2) is 18.2 Å². The van der Waals surface area contributed by atoms with Crippen molar-refractivity contribution in [3.63, 3.8) is 0 Å². The van der Waals surface area contributed by atoms with Gasteiger partial charge in [-0.15, -0.1) is 0 Å². The number of benzene rings is 1. The second-order valence-electron chi connectivity index (χ2n) is 6.23. The third-order valence-corrected chi connectivity index (χ3v) is 4.04. The van der Waals surface area contributed by atoms with Crippen molar-refractivity contribution in [3.8, 4) is 5.75 Å². The average Bonchev–Trinajstić information content (AvgIpc) is 2.47. The molecule has 0 bridgehead atoms. The van der Waals surface area contributed by atoms with E-state index in [1.54, 1.807) is 6.07 Å². The van der Waals surface area contributed by atoms with E-state index in [4.69, 9.17) is 9.31 Å². The van der Waals surface area contributed by atoms with Crippen LogP contribution in [0.4, 0.5) is 5.69 Å². The van der Waals surface area contributed by atoms with E-state index in [1.165, 1.54) is 0 Å². The first-order valence-corrected chi connectivity index (χ1v) is 6.50. The first kappa shape index (κ1) is 14.2. The molecular weight excluding hydrogens is 241 g/mol. The van der Waals surface area contributed by atoms with Crippen LogP contribution in [-0.4, -0.2) is 37.5 Å². The van der Waals surface area contributed by atoms with Gasteiger partial charge in [-0.3, -0.25) is 0 Å².